The fourth-order valence-electron chi connectivity index (χ4n) is 3.06. The number of aryl methyl sites for hydroxylation is 1. The lowest BCUT2D eigenvalue weighted by Gasteiger charge is -2.30. The lowest BCUT2D eigenvalue weighted by atomic mass is 9.91. The number of benzene rings is 1. The maximum absolute atomic E-state index is 11.2. The van der Waals surface area contributed by atoms with Gasteiger partial charge in [-0.1, -0.05) is 11.6 Å². The predicted octanol–water partition coefficient (Wildman–Crippen LogP) is 2.79. The van der Waals surface area contributed by atoms with Crippen LogP contribution >= 0.6 is 11.6 Å². The SMILES string of the molecule is Cc1cc(-c2n[nH]c(=O)o2)cc(N[C@@H](C)C2CCNCC2)c1Cl. The molecule has 1 aliphatic heterocycles. The molecule has 0 unspecified atom stereocenters. The van der Waals surface area contributed by atoms with Crippen LogP contribution in [0.15, 0.2) is 21.3 Å². The third kappa shape index (κ3) is 3.59. The van der Waals surface area contributed by atoms with Crippen LogP contribution in [-0.2, 0) is 0 Å². The maximum atomic E-state index is 11.2. The normalized spacial score (nSPS) is 17.2. The third-order valence-corrected chi connectivity index (χ3v) is 4.92. The molecule has 2 aromatic rings. The fourth-order valence-corrected chi connectivity index (χ4v) is 3.22. The highest BCUT2D eigenvalue weighted by atomic mass is 35.5. The van der Waals surface area contributed by atoms with E-state index in [0.717, 1.165) is 42.7 Å². The molecule has 3 rings (SSSR count). The number of piperidine rings is 1. The molecule has 23 heavy (non-hydrogen) atoms. The highest BCUT2D eigenvalue weighted by Gasteiger charge is 2.21. The Morgan fingerprint density at radius 2 is 2.13 bits per heavy atom. The number of rotatable bonds is 4. The minimum atomic E-state index is -0.565. The highest BCUT2D eigenvalue weighted by molar-refractivity contribution is 6.34. The van der Waals surface area contributed by atoms with Crippen LogP contribution < -0.4 is 16.4 Å². The minimum absolute atomic E-state index is 0.271. The first-order chi connectivity index (χ1) is 11.0. The van der Waals surface area contributed by atoms with Crippen LogP contribution in [0.1, 0.15) is 25.3 Å². The predicted molar refractivity (Wildman–Crippen MR) is 91.0 cm³/mol. The van der Waals surface area contributed by atoms with Gasteiger partial charge in [-0.2, -0.15) is 0 Å². The number of nitrogens with zero attached hydrogens (tertiary/aromatic N) is 1. The zero-order valence-electron chi connectivity index (χ0n) is 13.3. The largest absolute Gasteiger partial charge is 0.434 e. The third-order valence-electron chi connectivity index (χ3n) is 4.41. The Hall–Kier alpha value is -1.79. The van der Waals surface area contributed by atoms with Crippen LogP contribution in [0.5, 0.6) is 0 Å². The van der Waals surface area contributed by atoms with Crippen molar-refractivity contribution in [2.24, 2.45) is 5.92 Å². The minimum Gasteiger partial charge on any atom is -0.388 e. The molecule has 0 bridgehead atoms. The molecule has 1 aromatic carbocycles. The van der Waals surface area contributed by atoms with Gasteiger partial charge in [0, 0.05) is 11.6 Å². The van der Waals surface area contributed by atoms with E-state index in [1.165, 1.54) is 0 Å². The summed E-state index contributed by atoms with van der Waals surface area (Å²) in [6.45, 7) is 6.23. The van der Waals surface area contributed by atoms with Gasteiger partial charge in [0.05, 0.1) is 10.7 Å². The molecule has 0 amide bonds. The van der Waals surface area contributed by atoms with Crippen molar-refractivity contribution in [2.75, 3.05) is 18.4 Å². The van der Waals surface area contributed by atoms with Crippen LogP contribution in [0.2, 0.25) is 5.02 Å². The molecule has 0 spiro atoms. The molecule has 1 aliphatic rings. The molecule has 0 saturated carbocycles. The van der Waals surface area contributed by atoms with Gasteiger partial charge < -0.3 is 15.1 Å². The molecule has 2 heterocycles. The average molecular weight is 337 g/mol. The fraction of sp³-hybridized carbons (Fsp3) is 0.500. The number of halogens is 1. The van der Waals surface area contributed by atoms with Gasteiger partial charge in [0.25, 0.3) is 0 Å². The lowest BCUT2D eigenvalue weighted by Crippen LogP contribution is -2.36. The lowest BCUT2D eigenvalue weighted by molar-refractivity contribution is 0.343. The first kappa shape index (κ1) is 16.1. The summed E-state index contributed by atoms with van der Waals surface area (Å²) in [6.07, 6.45) is 2.30. The number of hydrogen-bond acceptors (Lipinski definition) is 5. The van der Waals surface area contributed by atoms with Crippen LogP contribution in [0.25, 0.3) is 11.5 Å². The van der Waals surface area contributed by atoms with Crippen molar-refractivity contribution in [1.82, 2.24) is 15.5 Å². The Labute approximate surface area is 139 Å². The summed E-state index contributed by atoms with van der Waals surface area (Å²) in [6, 6.07) is 4.06. The number of aromatic nitrogens is 2. The van der Waals surface area contributed by atoms with E-state index in [1.807, 2.05) is 19.1 Å². The van der Waals surface area contributed by atoms with E-state index in [2.05, 4.69) is 27.8 Å². The second-order valence-electron chi connectivity index (χ2n) is 6.09. The zero-order chi connectivity index (χ0) is 16.4. The van der Waals surface area contributed by atoms with Crippen molar-refractivity contribution in [3.05, 3.63) is 33.3 Å². The van der Waals surface area contributed by atoms with Gasteiger partial charge in [-0.05, 0) is 63.4 Å². The Bertz CT molecular complexity index is 734. The van der Waals surface area contributed by atoms with E-state index in [9.17, 15) is 4.79 Å². The van der Waals surface area contributed by atoms with E-state index < -0.39 is 5.76 Å². The number of aromatic amines is 1. The molecule has 6 nitrogen and oxygen atoms in total. The van der Waals surface area contributed by atoms with Crippen LogP contribution in [0.3, 0.4) is 0 Å². The van der Waals surface area contributed by atoms with Crippen molar-refractivity contribution in [3.63, 3.8) is 0 Å². The summed E-state index contributed by atoms with van der Waals surface area (Å²) in [5.41, 5.74) is 2.48. The van der Waals surface area contributed by atoms with Gasteiger partial charge in [-0.3, -0.25) is 0 Å². The van der Waals surface area contributed by atoms with Gasteiger partial charge in [-0.25, -0.2) is 9.89 Å². The van der Waals surface area contributed by atoms with E-state index in [0.29, 0.717) is 17.0 Å². The van der Waals surface area contributed by atoms with Crippen LogP contribution in [0, 0.1) is 12.8 Å². The van der Waals surface area contributed by atoms with Crippen molar-refractivity contribution in [2.45, 2.75) is 32.7 Å². The second-order valence-corrected chi connectivity index (χ2v) is 6.47. The van der Waals surface area contributed by atoms with Crippen molar-refractivity contribution >= 4 is 17.3 Å². The van der Waals surface area contributed by atoms with Gasteiger partial charge in [0.1, 0.15) is 0 Å². The van der Waals surface area contributed by atoms with Crippen molar-refractivity contribution < 1.29 is 4.42 Å². The summed E-state index contributed by atoms with van der Waals surface area (Å²) >= 11 is 6.45. The number of nitrogens with one attached hydrogen (secondary N) is 3. The Morgan fingerprint density at radius 1 is 1.39 bits per heavy atom. The van der Waals surface area contributed by atoms with E-state index >= 15 is 0 Å². The van der Waals surface area contributed by atoms with Crippen LogP contribution in [0.4, 0.5) is 5.69 Å². The molecule has 1 aromatic heterocycles. The molecule has 0 aliphatic carbocycles. The molecule has 1 atom stereocenters. The molecular formula is C16H21ClN4O2. The summed E-state index contributed by atoms with van der Waals surface area (Å²) in [5, 5.41) is 13.8. The van der Waals surface area contributed by atoms with Gasteiger partial charge in [0.2, 0.25) is 5.89 Å². The van der Waals surface area contributed by atoms with Gasteiger partial charge in [0.15, 0.2) is 0 Å². The first-order valence-corrected chi connectivity index (χ1v) is 8.25. The van der Waals surface area contributed by atoms with Gasteiger partial charge in [-0.15, -0.1) is 5.10 Å². The molecule has 3 N–H and O–H groups in total. The maximum Gasteiger partial charge on any atom is 0.434 e. The molecule has 7 heteroatoms. The summed E-state index contributed by atoms with van der Waals surface area (Å²) in [7, 11) is 0. The van der Waals surface area contributed by atoms with Gasteiger partial charge >= 0.3 is 5.76 Å². The number of hydrogen-bond donors (Lipinski definition) is 3. The number of anilines is 1. The Morgan fingerprint density at radius 3 is 2.78 bits per heavy atom. The quantitative estimate of drug-likeness (QED) is 0.799. The first-order valence-electron chi connectivity index (χ1n) is 7.88. The van der Waals surface area contributed by atoms with Crippen molar-refractivity contribution in [1.29, 1.82) is 0 Å². The van der Waals surface area contributed by atoms with E-state index in [1.54, 1.807) is 0 Å². The molecular weight excluding hydrogens is 316 g/mol. The second kappa shape index (κ2) is 6.76. The topological polar surface area (TPSA) is 83.0 Å². The smallest absolute Gasteiger partial charge is 0.388 e. The van der Waals surface area contributed by atoms with E-state index in [-0.39, 0.29) is 5.89 Å². The average Bonchev–Trinajstić information content (AvgIpc) is 2.99. The van der Waals surface area contributed by atoms with E-state index in [4.69, 9.17) is 16.0 Å². The monoisotopic (exact) mass is 336 g/mol. The zero-order valence-corrected chi connectivity index (χ0v) is 14.0. The molecule has 1 fully saturated rings. The Balaban J connectivity index is 1.85. The summed E-state index contributed by atoms with van der Waals surface area (Å²) in [4.78, 5) is 11.2. The van der Waals surface area contributed by atoms with Crippen LogP contribution in [-0.4, -0.2) is 29.3 Å². The standard InChI is InChI=1S/C16H21ClN4O2/c1-9-7-12(15-20-21-16(22)23-15)8-13(14(9)17)19-10(2)11-3-5-18-6-4-11/h7-8,10-11,18-19H,3-6H2,1-2H3,(H,21,22)/t10-/m0/s1. The Kier molecular flexibility index (Phi) is 4.73. The van der Waals surface area contributed by atoms with Crippen molar-refractivity contribution in [3.8, 4) is 11.5 Å². The highest BCUT2D eigenvalue weighted by Crippen LogP contribution is 2.32. The summed E-state index contributed by atoms with van der Waals surface area (Å²) < 4.78 is 5.04. The molecule has 1 saturated heterocycles. The molecule has 124 valence electrons. The molecule has 0 radical (unpaired) electrons. The number of H-pyrrole nitrogens is 1. The summed E-state index contributed by atoms with van der Waals surface area (Å²) in [5.74, 6) is 0.317.